The van der Waals surface area contributed by atoms with Crippen LogP contribution in [0.2, 0.25) is 5.02 Å². The highest BCUT2D eigenvalue weighted by molar-refractivity contribution is 6.35. The fourth-order valence-electron chi connectivity index (χ4n) is 2.43. The van der Waals surface area contributed by atoms with Crippen LogP contribution in [0.5, 0.6) is 0 Å². The fourth-order valence-corrected chi connectivity index (χ4v) is 2.69. The van der Waals surface area contributed by atoms with Crippen molar-refractivity contribution in [3.63, 3.8) is 0 Å². The summed E-state index contributed by atoms with van der Waals surface area (Å²) < 4.78 is 3.93. The predicted molar refractivity (Wildman–Crippen MR) is 80.9 cm³/mol. The van der Waals surface area contributed by atoms with E-state index in [9.17, 15) is 0 Å². The molecule has 0 atom stereocenters. The minimum absolute atomic E-state index is 0.266. The molecule has 0 bridgehead atoms. The van der Waals surface area contributed by atoms with Gasteiger partial charge in [0, 0.05) is 12.2 Å². The van der Waals surface area contributed by atoms with Gasteiger partial charge >= 0.3 is 0 Å². The molecule has 0 aliphatic carbocycles. The van der Waals surface area contributed by atoms with Crippen LogP contribution in [0.25, 0.3) is 11.0 Å². The molecule has 0 aliphatic rings. The maximum Gasteiger partial charge on any atom is 0.131 e. The largest absolute Gasteiger partial charge is 0.396 e. The van der Waals surface area contributed by atoms with Gasteiger partial charge in [-0.15, -0.1) is 0 Å². The predicted octanol–water partition coefficient (Wildman–Crippen LogP) is 3.10. The Bertz CT molecular complexity index is 756. The molecule has 0 spiro atoms. The first-order valence-electron chi connectivity index (χ1n) is 6.49. The van der Waals surface area contributed by atoms with Gasteiger partial charge in [0.2, 0.25) is 0 Å². The first-order valence-corrected chi connectivity index (χ1v) is 6.87. The molecule has 0 unspecified atom stereocenters. The monoisotopic (exact) mass is 289 g/mol. The summed E-state index contributed by atoms with van der Waals surface area (Å²) in [7, 11) is 0. The second-order valence-corrected chi connectivity index (χ2v) is 5.48. The zero-order valence-corrected chi connectivity index (χ0v) is 12.2. The number of benzene rings is 1. The van der Waals surface area contributed by atoms with Crippen molar-refractivity contribution in [3.8, 4) is 0 Å². The van der Waals surface area contributed by atoms with Gasteiger partial charge in [0.1, 0.15) is 5.82 Å². The molecule has 0 saturated carbocycles. The third-order valence-corrected chi connectivity index (χ3v) is 3.51. The van der Waals surface area contributed by atoms with E-state index in [1.165, 1.54) is 0 Å². The molecule has 0 aliphatic heterocycles. The molecule has 0 fully saturated rings. The van der Waals surface area contributed by atoms with Gasteiger partial charge in [-0.2, -0.15) is 5.10 Å². The molecule has 0 amide bonds. The second kappa shape index (κ2) is 4.83. The number of hydrogen-bond donors (Lipinski definition) is 1. The van der Waals surface area contributed by atoms with Crippen LogP contribution in [0.4, 0.5) is 5.69 Å². The van der Waals surface area contributed by atoms with Crippen LogP contribution in [0, 0.1) is 0 Å². The third-order valence-electron chi connectivity index (χ3n) is 3.21. The molecule has 0 radical (unpaired) electrons. The number of anilines is 1. The molecule has 3 aromatic rings. The molecule has 2 aromatic heterocycles. The Labute approximate surface area is 122 Å². The maximum absolute atomic E-state index is 6.32. The maximum atomic E-state index is 6.32. The molecular weight excluding hydrogens is 274 g/mol. The minimum atomic E-state index is 0.266. The molecule has 5 nitrogen and oxygen atoms in total. The van der Waals surface area contributed by atoms with E-state index in [0.29, 0.717) is 12.2 Å². The minimum Gasteiger partial charge on any atom is -0.396 e. The molecular formula is C14H16ClN5. The number of para-hydroxylation sites is 1. The lowest BCUT2D eigenvalue weighted by Gasteiger charge is -2.13. The summed E-state index contributed by atoms with van der Waals surface area (Å²) in [6.07, 6.45) is 3.43. The van der Waals surface area contributed by atoms with E-state index in [1.807, 2.05) is 18.2 Å². The van der Waals surface area contributed by atoms with E-state index in [0.717, 1.165) is 21.9 Å². The van der Waals surface area contributed by atoms with E-state index >= 15 is 0 Å². The number of fused-ring (bicyclic) bond motifs is 1. The number of nitrogens with zero attached hydrogens (tertiary/aromatic N) is 4. The molecule has 2 heterocycles. The highest BCUT2D eigenvalue weighted by atomic mass is 35.5. The summed E-state index contributed by atoms with van der Waals surface area (Å²) in [5.41, 5.74) is 8.22. The molecule has 1 aromatic carbocycles. The van der Waals surface area contributed by atoms with Crippen molar-refractivity contribution in [2.24, 2.45) is 0 Å². The van der Waals surface area contributed by atoms with Crippen LogP contribution in [-0.4, -0.2) is 19.3 Å². The van der Waals surface area contributed by atoms with Crippen LogP contribution >= 0.6 is 11.6 Å². The number of hydrogen-bond acceptors (Lipinski definition) is 3. The number of imidazole rings is 1. The number of nitrogen functional groups attached to an aromatic ring is 1. The lowest BCUT2D eigenvalue weighted by molar-refractivity contribution is 0.551. The van der Waals surface area contributed by atoms with Crippen LogP contribution in [0.3, 0.4) is 0 Å². The van der Waals surface area contributed by atoms with Crippen molar-refractivity contribution in [1.82, 2.24) is 19.3 Å². The standard InChI is InChI=1S/C14H16ClN5/c1-9(2)20-13(8-19-7-10(16)6-17-19)18-12-5-3-4-11(15)14(12)20/h3-7,9H,8,16H2,1-2H3. The normalized spacial score (nSPS) is 11.6. The average Bonchev–Trinajstić information content (AvgIpc) is 2.94. The smallest absolute Gasteiger partial charge is 0.131 e. The average molecular weight is 290 g/mol. The van der Waals surface area contributed by atoms with Gasteiger partial charge in [-0.1, -0.05) is 17.7 Å². The molecule has 20 heavy (non-hydrogen) atoms. The highest BCUT2D eigenvalue weighted by Crippen LogP contribution is 2.28. The van der Waals surface area contributed by atoms with Gasteiger partial charge in [0.15, 0.2) is 0 Å². The van der Waals surface area contributed by atoms with Crippen molar-refractivity contribution in [2.45, 2.75) is 26.4 Å². The third kappa shape index (κ3) is 2.14. The van der Waals surface area contributed by atoms with Crippen molar-refractivity contribution < 1.29 is 0 Å². The number of aromatic nitrogens is 4. The van der Waals surface area contributed by atoms with Gasteiger partial charge in [-0.25, -0.2) is 4.98 Å². The van der Waals surface area contributed by atoms with Crippen molar-refractivity contribution in [3.05, 3.63) is 41.4 Å². The first-order chi connectivity index (χ1) is 9.56. The fraction of sp³-hybridized carbons (Fsp3) is 0.286. The van der Waals surface area contributed by atoms with Crippen LogP contribution in [0.1, 0.15) is 25.7 Å². The van der Waals surface area contributed by atoms with Crippen molar-refractivity contribution in [2.75, 3.05) is 5.73 Å². The van der Waals surface area contributed by atoms with Gasteiger partial charge in [0.25, 0.3) is 0 Å². The van der Waals surface area contributed by atoms with Gasteiger partial charge in [0.05, 0.1) is 34.5 Å². The van der Waals surface area contributed by atoms with Crippen molar-refractivity contribution >= 4 is 28.3 Å². The summed E-state index contributed by atoms with van der Waals surface area (Å²) in [4.78, 5) is 4.68. The molecule has 3 rings (SSSR count). The van der Waals surface area contributed by atoms with E-state index < -0.39 is 0 Å². The zero-order chi connectivity index (χ0) is 14.3. The van der Waals surface area contributed by atoms with Crippen LogP contribution < -0.4 is 5.73 Å². The molecule has 2 N–H and O–H groups in total. The van der Waals surface area contributed by atoms with E-state index in [4.69, 9.17) is 17.3 Å². The quantitative estimate of drug-likeness (QED) is 0.806. The van der Waals surface area contributed by atoms with Crippen LogP contribution in [-0.2, 0) is 6.54 Å². The first kappa shape index (κ1) is 13.0. The Morgan fingerprint density at radius 1 is 1.35 bits per heavy atom. The second-order valence-electron chi connectivity index (χ2n) is 5.07. The molecule has 6 heteroatoms. The summed E-state index contributed by atoms with van der Waals surface area (Å²) in [6, 6.07) is 6.04. The highest BCUT2D eigenvalue weighted by Gasteiger charge is 2.16. The van der Waals surface area contributed by atoms with Gasteiger partial charge in [-0.3, -0.25) is 4.68 Å². The Hall–Kier alpha value is -2.01. The van der Waals surface area contributed by atoms with Crippen molar-refractivity contribution in [1.29, 1.82) is 0 Å². The lowest BCUT2D eigenvalue weighted by atomic mass is 10.3. The SMILES string of the molecule is CC(C)n1c(Cn2cc(N)cn2)nc2cccc(Cl)c21. The van der Waals surface area contributed by atoms with E-state index in [1.54, 1.807) is 17.1 Å². The summed E-state index contributed by atoms with van der Waals surface area (Å²) in [5.74, 6) is 0.922. The molecule has 104 valence electrons. The molecule has 0 saturated heterocycles. The Morgan fingerprint density at radius 3 is 2.80 bits per heavy atom. The van der Waals surface area contributed by atoms with E-state index in [-0.39, 0.29) is 6.04 Å². The van der Waals surface area contributed by atoms with Gasteiger partial charge in [-0.05, 0) is 26.0 Å². The zero-order valence-electron chi connectivity index (χ0n) is 11.4. The topological polar surface area (TPSA) is 61.7 Å². The number of nitrogens with two attached hydrogens (primary N) is 1. The summed E-state index contributed by atoms with van der Waals surface area (Å²) in [5, 5.41) is 4.93. The Kier molecular flexibility index (Phi) is 3.14. The van der Waals surface area contributed by atoms with Gasteiger partial charge < -0.3 is 10.3 Å². The van der Waals surface area contributed by atoms with Crippen LogP contribution in [0.15, 0.2) is 30.6 Å². The number of rotatable bonds is 3. The Morgan fingerprint density at radius 2 is 2.15 bits per heavy atom. The Balaban J connectivity index is 2.14. The lowest BCUT2D eigenvalue weighted by Crippen LogP contribution is -2.11. The van der Waals surface area contributed by atoms with E-state index in [2.05, 4.69) is 28.5 Å². The summed E-state index contributed by atoms with van der Waals surface area (Å²) in [6.45, 7) is 4.80. The summed E-state index contributed by atoms with van der Waals surface area (Å²) >= 11 is 6.32. The number of halogens is 1.